The fraction of sp³-hybridized carbons (Fsp3) is 0.345. The lowest BCUT2D eigenvalue weighted by Crippen LogP contribution is -2.28. The SMILES string of the molecule is Cc1cc(OCCCC2=C(C(=O)NCCC(=O)O)Cc3c2cccc3-c2c(C)n[nH]c2C)cc(C)c1Cl. The molecule has 1 aliphatic rings. The van der Waals surface area contributed by atoms with Gasteiger partial charge in [0.2, 0.25) is 5.91 Å². The molecule has 1 aliphatic carbocycles. The Labute approximate surface area is 221 Å². The number of ether oxygens (including phenoxy) is 1. The smallest absolute Gasteiger partial charge is 0.305 e. The van der Waals surface area contributed by atoms with Crippen molar-refractivity contribution in [3.8, 4) is 16.9 Å². The van der Waals surface area contributed by atoms with Crippen molar-refractivity contribution in [1.29, 1.82) is 0 Å². The molecule has 0 unspecified atom stereocenters. The van der Waals surface area contributed by atoms with Crippen molar-refractivity contribution in [3.63, 3.8) is 0 Å². The van der Waals surface area contributed by atoms with Gasteiger partial charge in [-0.3, -0.25) is 14.7 Å². The number of aromatic amines is 1. The molecule has 4 rings (SSSR count). The van der Waals surface area contributed by atoms with Crippen LogP contribution in [-0.2, 0) is 16.0 Å². The number of carboxylic acid groups (broad SMARTS) is 1. The first-order valence-corrected chi connectivity index (χ1v) is 12.8. The van der Waals surface area contributed by atoms with Crippen molar-refractivity contribution in [2.75, 3.05) is 13.2 Å². The molecule has 3 aromatic rings. The molecule has 0 atom stereocenters. The van der Waals surface area contributed by atoms with Crippen molar-refractivity contribution >= 4 is 29.1 Å². The molecule has 1 aromatic heterocycles. The molecule has 37 heavy (non-hydrogen) atoms. The Morgan fingerprint density at radius 1 is 1.14 bits per heavy atom. The molecule has 7 nitrogen and oxygen atoms in total. The highest BCUT2D eigenvalue weighted by Gasteiger charge is 2.29. The summed E-state index contributed by atoms with van der Waals surface area (Å²) >= 11 is 6.28. The summed E-state index contributed by atoms with van der Waals surface area (Å²) < 4.78 is 6.01. The summed E-state index contributed by atoms with van der Waals surface area (Å²) in [5.74, 6) is -0.383. The number of aliphatic carboxylic acids is 1. The summed E-state index contributed by atoms with van der Waals surface area (Å²) in [6.45, 7) is 8.46. The summed E-state index contributed by atoms with van der Waals surface area (Å²) in [5, 5.41) is 19.9. The number of nitrogens with zero attached hydrogens (tertiary/aromatic N) is 1. The van der Waals surface area contributed by atoms with E-state index in [1.807, 2.05) is 45.9 Å². The number of allylic oxidation sites excluding steroid dienone is 1. The van der Waals surface area contributed by atoms with Crippen molar-refractivity contribution in [1.82, 2.24) is 15.5 Å². The largest absolute Gasteiger partial charge is 0.494 e. The van der Waals surface area contributed by atoms with Crippen LogP contribution in [0.5, 0.6) is 5.75 Å². The van der Waals surface area contributed by atoms with Gasteiger partial charge in [0.1, 0.15) is 5.75 Å². The van der Waals surface area contributed by atoms with Crippen LogP contribution >= 0.6 is 11.6 Å². The summed E-state index contributed by atoms with van der Waals surface area (Å²) in [6, 6.07) is 10.0. The van der Waals surface area contributed by atoms with E-state index in [2.05, 4.69) is 27.6 Å². The van der Waals surface area contributed by atoms with Crippen LogP contribution in [0, 0.1) is 27.7 Å². The fourth-order valence-electron chi connectivity index (χ4n) is 5.01. The molecular formula is C29H32ClN3O4. The number of carbonyl (C=O) groups is 2. The van der Waals surface area contributed by atoms with E-state index in [4.69, 9.17) is 21.4 Å². The van der Waals surface area contributed by atoms with Crippen LogP contribution in [0.4, 0.5) is 0 Å². The van der Waals surface area contributed by atoms with Crippen LogP contribution in [0.15, 0.2) is 35.9 Å². The Balaban J connectivity index is 1.57. The van der Waals surface area contributed by atoms with Gasteiger partial charge in [-0.1, -0.05) is 29.8 Å². The van der Waals surface area contributed by atoms with E-state index in [1.54, 1.807) is 0 Å². The lowest BCUT2D eigenvalue weighted by molar-refractivity contribution is -0.136. The maximum absolute atomic E-state index is 13.2. The minimum atomic E-state index is -0.942. The zero-order valence-electron chi connectivity index (χ0n) is 21.6. The fourth-order valence-corrected chi connectivity index (χ4v) is 5.12. The highest BCUT2D eigenvalue weighted by molar-refractivity contribution is 6.32. The maximum atomic E-state index is 13.2. The zero-order valence-corrected chi connectivity index (χ0v) is 22.4. The van der Waals surface area contributed by atoms with Gasteiger partial charge in [-0.05, 0) is 86.1 Å². The molecule has 1 heterocycles. The topological polar surface area (TPSA) is 104 Å². The molecule has 0 aliphatic heterocycles. The van der Waals surface area contributed by atoms with Gasteiger partial charge in [-0.15, -0.1) is 0 Å². The Morgan fingerprint density at radius 2 is 1.84 bits per heavy atom. The van der Waals surface area contributed by atoms with Gasteiger partial charge in [0.05, 0.1) is 18.7 Å². The van der Waals surface area contributed by atoms with Gasteiger partial charge in [-0.25, -0.2) is 0 Å². The third-order valence-corrected chi connectivity index (χ3v) is 7.36. The Morgan fingerprint density at radius 3 is 2.49 bits per heavy atom. The Kier molecular flexibility index (Phi) is 8.03. The number of hydrogen-bond donors (Lipinski definition) is 3. The maximum Gasteiger partial charge on any atom is 0.305 e. The molecule has 8 heteroatoms. The third kappa shape index (κ3) is 5.72. The number of amides is 1. The minimum Gasteiger partial charge on any atom is -0.494 e. The molecule has 3 N–H and O–H groups in total. The van der Waals surface area contributed by atoms with Gasteiger partial charge in [-0.2, -0.15) is 5.10 Å². The van der Waals surface area contributed by atoms with Gasteiger partial charge in [0.25, 0.3) is 0 Å². The van der Waals surface area contributed by atoms with E-state index >= 15 is 0 Å². The number of aryl methyl sites for hydroxylation is 4. The lowest BCUT2D eigenvalue weighted by atomic mass is 9.93. The first kappa shape index (κ1) is 26.5. The average molecular weight is 522 g/mol. The number of H-pyrrole nitrogens is 1. The molecule has 0 spiro atoms. The lowest BCUT2D eigenvalue weighted by Gasteiger charge is -2.13. The van der Waals surface area contributed by atoms with Gasteiger partial charge in [0, 0.05) is 34.8 Å². The van der Waals surface area contributed by atoms with E-state index in [9.17, 15) is 9.59 Å². The summed E-state index contributed by atoms with van der Waals surface area (Å²) in [5.41, 5.74) is 9.78. The monoisotopic (exact) mass is 521 g/mol. The average Bonchev–Trinajstić information content (AvgIpc) is 3.39. The Bertz CT molecular complexity index is 1350. The van der Waals surface area contributed by atoms with E-state index in [-0.39, 0.29) is 18.9 Å². The van der Waals surface area contributed by atoms with Crippen molar-refractivity contribution in [3.05, 3.63) is 74.6 Å². The van der Waals surface area contributed by atoms with Crippen LogP contribution in [0.3, 0.4) is 0 Å². The van der Waals surface area contributed by atoms with Gasteiger partial charge in [0.15, 0.2) is 0 Å². The van der Waals surface area contributed by atoms with E-state index in [0.717, 1.165) is 67.5 Å². The number of aromatic nitrogens is 2. The van der Waals surface area contributed by atoms with Crippen LogP contribution in [0.25, 0.3) is 16.7 Å². The molecule has 0 radical (unpaired) electrons. The number of hydrogen-bond acceptors (Lipinski definition) is 4. The predicted octanol–water partition coefficient (Wildman–Crippen LogP) is 5.72. The van der Waals surface area contributed by atoms with Crippen LogP contribution < -0.4 is 10.1 Å². The van der Waals surface area contributed by atoms with Crippen LogP contribution in [0.1, 0.15) is 52.9 Å². The number of fused-ring (bicyclic) bond motifs is 1. The van der Waals surface area contributed by atoms with Crippen molar-refractivity contribution in [2.24, 2.45) is 0 Å². The second kappa shape index (κ2) is 11.2. The highest BCUT2D eigenvalue weighted by atomic mass is 35.5. The summed E-state index contributed by atoms with van der Waals surface area (Å²) in [6.07, 6.45) is 1.75. The molecule has 0 saturated heterocycles. The van der Waals surface area contributed by atoms with Crippen LogP contribution in [0.2, 0.25) is 5.02 Å². The molecule has 2 aromatic carbocycles. The van der Waals surface area contributed by atoms with Crippen LogP contribution in [-0.4, -0.2) is 40.3 Å². The second-order valence-corrected chi connectivity index (χ2v) is 9.88. The first-order valence-electron chi connectivity index (χ1n) is 12.4. The molecule has 0 bridgehead atoms. The highest BCUT2D eigenvalue weighted by Crippen LogP contribution is 2.42. The molecule has 194 valence electrons. The number of halogens is 1. The molecular weight excluding hydrogens is 490 g/mol. The minimum absolute atomic E-state index is 0.0898. The quantitative estimate of drug-likeness (QED) is 0.296. The second-order valence-electron chi connectivity index (χ2n) is 9.50. The number of rotatable bonds is 10. The summed E-state index contributed by atoms with van der Waals surface area (Å²) in [7, 11) is 0. The number of nitrogens with one attached hydrogen (secondary N) is 2. The van der Waals surface area contributed by atoms with Crippen molar-refractivity contribution < 1.29 is 19.4 Å². The van der Waals surface area contributed by atoms with Gasteiger partial charge < -0.3 is 15.2 Å². The van der Waals surface area contributed by atoms with E-state index < -0.39 is 5.97 Å². The molecule has 0 saturated carbocycles. The molecule has 1 amide bonds. The number of carbonyl (C=O) groups excluding carboxylic acids is 1. The standard InChI is InChI=1S/C29H32ClN3O4/c1-16-13-20(14-17(2)28(16)30)37-12-6-9-22-21-7-5-8-23(27-18(3)32-33-19(27)4)24(21)15-25(22)29(36)31-11-10-26(34)35/h5,7-8,13-14H,6,9-12,15H2,1-4H3,(H,31,36)(H,32,33)(H,34,35). The first-order chi connectivity index (χ1) is 17.7. The Hall–Kier alpha value is -3.58. The number of benzene rings is 2. The zero-order chi connectivity index (χ0) is 26.7. The molecule has 0 fully saturated rings. The van der Waals surface area contributed by atoms with Crippen molar-refractivity contribution in [2.45, 2.75) is 53.4 Å². The number of carboxylic acids is 1. The summed E-state index contributed by atoms with van der Waals surface area (Å²) in [4.78, 5) is 24.1. The third-order valence-electron chi connectivity index (χ3n) is 6.76. The van der Waals surface area contributed by atoms with E-state index in [1.165, 1.54) is 0 Å². The van der Waals surface area contributed by atoms with E-state index in [0.29, 0.717) is 25.0 Å². The van der Waals surface area contributed by atoms with Gasteiger partial charge >= 0.3 is 5.97 Å². The normalized spacial score (nSPS) is 12.6. The predicted molar refractivity (Wildman–Crippen MR) is 145 cm³/mol.